The first-order valence-electron chi connectivity index (χ1n) is 12.8. The number of carboxylic acid groups (broad SMARTS) is 1. The van der Waals surface area contributed by atoms with Gasteiger partial charge < -0.3 is 29.4 Å². The molecule has 2 heterocycles. The van der Waals surface area contributed by atoms with Crippen LogP contribution in [-0.4, -0.2) is 83.4 Å². The average molecular weight is 542 g/mol. The predicted molar refractivity (Wildman–Crippen MR) is 148 cm³/mol. The fraction of sp³-hybridized carbons (Fsp3) is 0.429. The van der Waals surface area contributed by atoms with Crippen LogP contribution >= 0.6 is 11.6 Å². The molecule has 0 aliphatic carbocycles. The SMILES string of the molecule is CN(C)Cc1ncc(-c2ccc(Oc3cc(Cl)ccc3CN[C@@H](CCN3CCOCC3)C(=O)O)cc2)n1C. The number of rotatable bonds is 12. The van der Waals surface area contributed by atoms with Gasteiger partial charge in [-0.3, -0.25) is 9.69 Å². The van der Waals surface area contributed by atoms with Crippen LogP contribution in [0.2, 0.25) is 5.02 Å². The van der Waals surface area contributed by atoms with Crippen LogP contribution < -0.4 is 10.1 Å². The van der Waals surface area contributed by atoms with E-state index >= 15 is 0 Å². The van der Waals surface area contributed by atoms with Gasteiger partial charge in [0.25, 0.3) is 0 Å². The summed E-state index contributed by atoms with van der Waals surface area (Å²) in [6.07, 6.45) is 2.39. The van der Waals surface area contributed by atoms with Crippen molar-refractivity contribution in [2.45, 2.75) is 25.6 Å². The zero-order valence-electron chi connectivity index (χ0n) is 22.2. The Morgan fingerprint density at radius 2 is 1.95 bits per heavy atom. The molecule has 38 heavy (non-hydrogen) atoms. The molecule has 0 saturated carbocycles. The summed E-state index contributed by atoms with van der Waals surface area (Å²) in [6.45, 7) is 4.86. The minimum Gasteiger partial charge on any atom is -0.480 e. The molecule has 1 aromatic heterocycles. The topological polar surface area (TPSA) is 92.1 Å². The highest BCUT2D eigenvalue weighted by Crippen LogP contribution is 2.30. The van der Waals surface area contributed by atoms with Gasteiger partial charge in [-0.2, -0.15) is 0 Å². The largest absolute Gasteiger partial charge is 0.480 e. The highest BCUT2D eigenvalue weighted by Gasteiger charge is 2.20. The van der Waals surface area contributed by atoms with Crippen molar-refractivity contribution in [2.24, 2.45) is 7.05 Å². The second kappa shape index (κ2) is 13.2. The molecule has 1 aliphatic rings. The second-order valence-corrected chi connectivity index (χ2v) is 10.2. The van der Waals surface area contributed by atoms with Crippen LogP contribution in [0, 0.1) is 0 Å². The lowest BCUT2D eigenvalue weighted by Gasteiger charge is -2.27. The number of nitrogens with one attached hydrogen (secondary N) is 1. The zero-order chi connectivity index (χ0) is 27.1. The van der Waals surface area contributed by atoms with Crippen molar-refractivity contribution in [2.75, 3.05) is 46.9 Å². The van der Waals surface area contributed by atoms with Crippen LogP contribution in [0.3, 0.4) is 0 Å². The van der Waals surface area contributed by atoms with E-state index in [4.69, 9.17) is 21.1 Å². The average Bonchev–Trinajstić information content (AvgIpc) is 3.25. The van der Waals surface area contributed by atoms with Crippen molar-refractivity contribution in [1.29, 1.82) is 0 Å². The Balaban J connectivity index is 1.41. The van der Waals surface area contributed by atoms with Gasteiger partial charge >= 0.3 is 5.97 Å². The van der Waals surface area contributed by atoms with Gasteiger partial charge in [0.1, 0.15) is 23.4 Å². The van der Waals surface area contributed by atoms with Crippen LogP contribution in [0.25, 0.3) is 11.3 Å². The molecule has 0 radical (unpaired) electrons. The van der Waals surface area contributed by atoms with Crippen molar-refractivity contribution in [1.82, 2.24) is 24.7 Å². The number of aliphatic carboxylic acids is 1. The minimum absolute atomic E-state index is 0.342. The van der Waals surface area contributed by atoms with Gasteiger partial charge in [0.05, 0.1) is 31.6 Å². The van der Waals surface area contributed by atoms with Crippen molar-refractivity contribution >= 4 is 17.6 Å². The summed E-state index contributed by atoms with van der Waals surface area (Å²) in [4.78, 5) is 20.8. The number of nitrogens with zero attached hydrogens (tertiary/aromatic N) is 4. The van der Waals surface area contributed by atoms with E-state index in [0.717, 1.165) is 42.3 Å². The molecule has 0 unspecified atom stereocenters. The number of benzene rings is 2. The molecule has 1 aliphatic heterocycles. The molecule has 2 N–H and O–H groups in total. The smallest absolute Gasteiger partial charge is 0.320 e. The molecular weight excluding hydrogens is 506 g/mol. The standard InChI is InChI=1S/C28H36ClN5O4/c1-32(2)19-27-31-18-25(33(27)3)20-5-8-23(9-6-20)38-26-16-22(29)7-4-21(26)17-30-24(28(35)36)10-11-34-12-14-37-15-13-34/h4-9,16,18,24,30H,10-15,17,19H2,1-3H3,(H,35,36)/t24-/m0/s1. The minimum atomic E-state index is -0.866. The lowest BCUT2D eigenvalue weighted by atomic mass is 10.1. The summed E-state index contributed by atoms with van der Waals surface area (Å²) in [7, 11) is 6.06. The first kappa shape index (κ1) is 28.1. The number of hydrogen-bond acceptors (Lipinski definition) is 7. The molecule has 204 valence electrons. The monoisotopic (exact) mass is 541 g/mol. The molecule has 2 aromatic carbocycles. The summed E-state index contributed by atoms with van der Waals surface area (Å²) in [6, 6.07) is 12.6. The summed E-state index contributed by atoms with van der Waals surface area (Å²) >= 11 is 6.27. The number of morpholine rings is 1. The number of carbonyl (C=O) groups is 1. The number of halogens is 1. The fourth-order valence-corrected chi connectivity index (χ4v) is 4.58. The molecule has 0 bridgehead atoms. The van der Waals surface area contributed by atoms with E-state index < -0.39 is 12.0 Å². The van der Waals surface area contributed by atoms with Crippen molar-refractivity contribution in [3.8, 4) is 22.8 Å². The van der Waals surface area contributed by atoms with Crippen LogP contribution in [0.4, 0.5) is 0 Å². The van der Waals surface area contributed by atoms with E-state index in [-0.39, 0.29) is 0 Å². The van der Waals surface area contributed by atoms with E-state index in [9.17, 15) is 9.90 Å². The van der Waals surface area contributed by atoms with Crippen LogP contribution in [0.1, 0.15) is 17.8 Å². The molecule has 0 spiro atoms. The van der Waals surface area contributed by atoms with Crippen molar-refractivity contribution in [3.63, 3.8) is 0 Å². The molecule has 4 rings (SSSR count). The Morgan fingerprint density at radius 3 is 2.63 bits per heavy atom. The number of aromatic nitrogens is 2. The zero-order valence-corrected chi connectivity index (χ0v) is 22.9. The maximum absolute atomic E-state index is 11.9. The predicted octanol–water partition coefficient (Wildman–Crippen LogP) is 3.86. The van der Waals surface area contributed by atoms with E-state index in [1.165, 1.54) is 0 Å². The maximum Gasteiger partial charge on any atom is 0.320 e. The normalized spacial score (nSPS) is 15.1. The first-order valence-corrected chi connectivity index (χ1v) is 13.2. The van der Waals surface area contributed by atoms with E-state index in [2.05, 4.69) is 24.7 Å². The van der Waals surface area contributed by atoms with Gasteiger partial charge in [0.2, 0.25) is 0 Å². The second-order valence-electron chi connectivity index (χ2n) is 9.75. The Morgan fingerprint density at radius 1 is 1.21 bits per heavy atom. The fourth-order valence-electron chi connectivity index (χ4n) is 4.42. The van der Waals surface area contributed by atoms with Crippen LogP contribution in [-0.2, 0) is 29.7 Å². The third-order valence-corrected chi connectivity index (χ3v) is 6.86. The first-order chi connectivity index (χ1) is 18.3. The molecule has 1 saturated heterocycles. The lowest BCUT2D eigenvalue weighted by Crippen LogP contribution is -2.42. The Labute approximate surface area is 228 Å². The molecule has 1 atom stereocenters. The lowest BCUT2D eigenvalue weighted by molar-refractivity contribution is -0.139. The molecular formula is C28H36ClN5O4. The Hall–Kier alpha value is -2.95. The summed E-state index contributed by atoms with van der Waals surface area (Å²) in [5, 5.41) is 13.5. The highest BCUT2D eigenvalue weighted by molar-refractivity contribution is 6.30. The summed E-state index contributed by atoms with van der Waals surface area (Å²) < 4.78 is 13.7. The van der Waals surface area contributed by atoms with Gasteiger partial charge in [-0.05, 0) is 56.9 Å². The van der Waals surface area contributed by atoms with Crippen molar-refractivity contribution < 1.29 is 19.4 Å². The molecule has 3 aromatic rings. The number of carboxylic acids is 1. The van der Waals surface area contributed by atoms with E-state index in [0.29, 0.717) is 49.2 Å². The van der Waals surface area contributed by atoms with Gasteiger partial charge in [0.15, 0.2) is 0 Å². The molecule has 1 fully saturated rings. The van der Waals surface area contributed by atoms with Gasteiger partial charge in [0, 0.05) is 49.4 Å². The maximum atomic E-state index is 11.9. The highest BCUT2D eigenvalue weighted by atomic mass is 35.5. The van der Waals surface area contributed by atoms with Gasteiger partial charge in [-0.15, -0.1) is 0 Å². The summed E-state index contributed by atoms with van der Waals surface area (Å²) in [5.41, 5.74) is 2.89. The summed E-state index contributed by atoms with van der Waals surface area (Å²) in [5.74, 6) is 1.37. The molecule has 9 nitrogen and oxygen atoms in total. The number of ether oxygens (including phenoxy) is 2. The Bertz CT molecular complexity index is 1210. The third kappa shape index (κ3) is 7.55. The number of hydrogen-bond donors (Lipinski definition) is 2. The van der Waals surface area contributed by atoms with Gasteiger partial charge in [-0.25, -0.2) is 4.98 Å². The van der Waals surface area contributed by atoms with E-state index in [1.807, 2.05) is 57.7 Å². The van der Waals surface area contributed by atoms with Crippen molar-refractivity contribution in [3.05, 3.63) is 65.1 Å². The third-order valence-electron chi connectivity index (χ3n) is 6.62. The van der Waals surface area contributed by atoms with Crippen LogP contribution in [0.5, 0.6) is 11.5 Å². The van der Waals surface area contributed by atoms with Crippen LogP contribution in [0.15, 0.2) is 48.7 Å². The van der Waals surface area contributed by atoms with E-state index in [1.54, 1.807) is 12.1 Å². The quantitative estimate of drug-likeness (QED) is 0.357. The molecule has 10 heteroatoms. The molecule has 0 amide bonds. The number of imidazole rings is 1. The Kier molecular flexibility index (Phi) is 9.76. The van der Waals surface area contributed by atoms with Gasteiger partial charge in [-0.1, -0.05) is 17.7 Å².